The number of methoxy groups -OCH3 is 1. The summed E-state index contributed by atoms with van der Waals surface area (Å²) in [6.07, 6.45) is 0. The monoisotopic (exact) mass is 306 g/mol. The van der Waals surface area contributed by atoms with E-state index in [1.807, 2.05) is 24.3 Å². The van der Waals surface area contributed by atoms with Crippen molar-refractivity contribution in [3.8, 4) is 11.8 Å². The largest absolute Gasteiger partial charge is 0.496 e. The van der Waals surface area contributed by atoms with Crippen molar-refractivity contribution in [2.24, 2.45) is 0 Å². The predicted molar refractivity (Wildman–Crippen MR) is 81.5 cm³/mol. The molecule has 0 bridgehead atoms. The third-order valence-electron chi connectivity index (χ3n) is 2.85. The van der Waals surface area contributed by atoms with E-state index in [0.717, 1.165) is 17.0 Å². The lowest BCUT2D eigenvalue weighted by Crippen LogP contribution is -2.03. The first-order valence-electron chi connectivity index (χ1n) is 5.90. The Balaban J connectivity index is 2.19. The number of halogens is 2. The molecule has 2 aromatic rings. The normalized spacial score (nSPS) is 9.90. The molecule has 0 spiro atoms. The summed E-state index contributed by atoms with van der Waals surface area (Å²) in [7, 11) is 1.60. The molecule has 0 atom stereocenters. The smallest absolute Gasteiger partial charge is 0.125 e. The van der Waals surface area contributed by atoms with Gasteiger partial charge in [-0.05, 0) is 30.3 Å². The van der Waals surface area contributed by atoms with Crippen molar-refractivity contribution in [1.82, 2.24) is 0 Å². The van der Waals surface area contributed by atoms with Crippen LogP contribution in [0.4, 0.5) is 5.69 Å². The van der Waals surface area contributed by atoms with Crippen molar-refractivity contribution in [2.75, 3.05) is 12.4 Å². The molecule has 0 radical (unpaired) electrons. The number of nitrogens with one attached hydrogen (secondary N) is 1. The Morgan fingerprint density at radius 1 is 1.20 bits per heavy atom. The number of anilines is 1. The lowest BCUT2D eigenvalue weighted by atomic mass is 10.2. The van der Waals surface area contributed by atoms with E-state index in [9.17, 15) is 0 Å². The van der Waals surface area contributed by atoms with Crippen molar-refractivity contribution in [2.45, 2.75) is 6.54 Å². The molecule has 0 saturated carbocycles. The Bertz CT molecular complexity index is 665. The van der Waals surface area contributed by atoms with Gasteiger partial charge in [0.25, 0.3) is 0 Å². The first-order chi connectivity index (χ1) is 9.65. The molecule has 20 heavy (non-hydrogen) atoms. The van der Waals surface area contributed by atoms with Crippen LogP contribution in [0.25, 0.3) is 0 Å². The number of ether oxygens (including phenoxy) is 1. The second-order valence-corrected chi connectivity index (χ2v) is 4.90. The van der Waals surface area contributed by atoms with Gasteiger partial charge in [0.2, 0.25) is 0 Å². The van der Waals surface area contributed by atoms with E-state index in [0.29, 0.717) is 22.2 Å². The molecule has 102 valence electrons. The molecule has 0 aliphatic heterocycles. The van der Waals surface area contributed by atoms with Gasteiger partial charge < -0.3 is 10.1 Å². The Labute approximate surface area is 127 Å². The number of nitriles is 1. The first-order valence-corrected chi connectivity index (χ1v) is 6.66. The van der Waals surface area contributed by atoms with Crippen LogP contribution >= 0.6 is 23.2 Å². The maximum atomic E-state index is 8.80. The minimum Gasteiger partial charge on any atom is -0.496 e. The highest BCUT2D eigenvalue weighted by Crippen LogP contribution is 2.29. The Morgan fingerprint density at radius 3 is 2.65 bits per heavy atom. The number of hydrogen-bond donors (Lipinski definition) is 1. The molecule has 2 rings (SSSR count). The maximum absolute atomic E-state index is 8.80. The zero-order valence-corrected chi connectivity index (χ0v) is 12.3. The van der Waals surface area contributed by atoms with Gasteiger partial charge in [0, 0.05) is 17.1 Å². The molecule has 0 aromatic heterocycles. The van der Waals surface area contributed by atoms with Gasteiger partial charge in [0.1, 0.15) is 5.75 Å². The van der Waals surface area contributed by atoms with Gasteiger partial charge in [-0.25, -0.2) is 0 Å². The van der Waals surface area contributed by atoms with E-state index < -0.39 is 0 Å². The number of hydrogen-bond acceptors (Lipinski definition) is 3. The molecule has 0 heterocycles. The lowest BCUT2D eigenvalue weighted by Gasteiger charge is -2.13. The van der Waals surface area contributed by atoms with Gasteiger partial charge >= 0.3 is 0 Å². The van der Waals surface area contributed by atoms with Gasteiger partial charge in [-0.15, -0.1) is 0 Å². The molecule has 0 aliphatic carbocycles. The molecule has 0 unspecified atom stereocenters. The Kier molecular flexibility index (Phi) is 4.73. The quantitative estimate of drug-likeness (QED) is 0.905. The molecular formula is C15H12Cl2N2O. The molecule has 0 amide bonds. The molecule has 0 fully saturated rings. The Morgan fingerprint density at radius 2 is 2.00 bits per heavy atom. The summed E-state index contributed by atoms with van der Waals surface area (Å²) in [6, 6.07) is 12.6. The molecule has 3 nitrogen and oxygen atoms in total. The van der Waals surface area contributed by atoms with E-state index >= 15 is 0 Å². The van der Waals surface area contributed by atoms with Gasteiger partial charge in [0.05, 0.1) is 29.5 Å². The van der Waals surface area contributed by atoms with Crippen LogP contribution in [0.15, 0.2) is 36.4 Å². The van der Waals surface area contributed by atoms with Crippen molar-refractivity contribution in [1.29, 1.82) is 5.26 Å². The molecule has 2 aromatic carbocycles. The van der Waals surface area contributed by atoms with Crippen molar-refractivity contribution >= 4 is 28.9 Å². The summed E-state index contributed by atoms with van der Waals surface area (Å²) in [5, 5.41) is 13.1. The number of benzene rings is 2. The highest BCUT2D eigenvalue weighted by Gasteiger charge is 2.08. The van der Waals surface area contributed by atoms with Gasteiger partial charge in [0.15, 0.2) is 0 Å². The second-order valence-electron chi connectivity index (χ2n) is 4.08. The summed E-state index contributed by atoms with van der Waals surface area (Å²) in [6.45, 7) is 0.481. The highest BCUT2D eigenvalue weighted by atomic mass is 35.5. The van der Waals surface area contributed by atoms with E-state index in [-0.39, 0.29) is 0 Å². The van der Waals surface area contributed by atoms with Gasteiger partial charge in [-0.2, -0.15) is 5.26 Å². The topological polar surface area (TPSA) is 45.0 Å². The molecule has 5 heteroatoms. The fraction of sp³-hybridized carbons (Fsp3) is 0.133. The van der Waals surface area contributed by atoms with E-state index in [4.69, 9.17) is 33.2 Å². The third-order valence-corrected chi connectivity index (χ3v) is 3.52. The maximum Gasteiger partial charge on any atom is 0.125 e. The Hall–Kier alpha value is -1.89. The summed E-state index contributed by atoms with van der Waals surface area (Å²) < 4.78 is 5.28. The van der Waals surface area contributed by atoms with Crippen LogP contribution in [0.5, 0.6) is 5.75 Å². The molecule has 0 aliphatic rings. The van der Waals surface area contributed by atoms with Crippen LogP contribution in [-0.2, 0) is 6.54 Å². The van der Waals surface area contributed by atoms with Gasteiger partial charge in [-0.3, -0.25) is 0 Å². The summed E-state index contributed by atoms with van der Waals surface area (Å²) in [4.78, 5) is 0. The van der Waals surface area contributed by atoms with E-state index in [1.54, 1.807) is 25.3 Å². The lowest BCUT2D eigenvalue weighted by molar-refractivity contribution is 0.410. The summed E-state index contributed by atoms with van der Waals surface area (Å²) >= 11 is 12.3. The van der Waals surface area contributed by atoms with E-state index in [1.165, 1.54) is 0 Å². The standard InChI is InChI=1S/C15H12Cl2N2O/c1-20-15-4-2-3-12(16)11(15)9-19-14-6-5-10(8-18)7-13(14)17/h2-7,19H,9H2,1H3. The predicted octanol–water partition coefficient (Wildman–Crippen LogP) is 4.49. The van der Waals surface area contributed by atoms with Crippen molar-refractivity contribution in [3.05, 3.63) is 57.6 Å². The van der Waals surface area contributed by atoms with Crippen LogP contribution in [0.1, 0.15) is 11.1 Å². The van der Waals surface area contributed by atoms with Crippen molar-refractivity contribution in [3.63, 3.8) is 0 Å². The average Bonchev–Trinajstić information content (AvgIpc) is 2.46. The minimum atomic E-state index is 0.481. The summed E-state index contributed by atoms with van der Waals surface area (Å²) in [5.74, 6) is 0.717. The third kappa shape index (κ3) is 3.16. The molecular weight excluding hydrogens is 295 g/mol. The number of nitrogens with zero attached hydrogens (tertiary/aromatic N) is 1. The van der Waals surface area contributed by atoms with Gasteiger partial charge in [-0.1, -0.05) is 29.3 Å². The average molecular weight is 307 g/mol. The number of rotatable bonds is 4. The summed E-state index contributed by atoms with van der Waals surface area (Å²) in [5.41, 5.74) is 2.13. The molecule has 1 N–H and O–H groups in total. The van der Waals surface area contributed by atoms with Crippen molar-refractivity contribution < 1.29 is 4.74 Å². The fourth-order valence-corrected chi connectivity index (χ4v) is 2.29. The SMILES string of the molecule is COc1cccc(Cl)c1CNc1ccc(C#N)cc1Cl. The van der Waals surface area contributed by atoms with Crippen LogP contribution < -0.4 is 10.1 Å². The zero-order chi connectivity index (χ0) is 14.5. The highest BCUT2D eigenvalue weighted by molar-refractivity contribution is 6.33. The first kappa shape index (κ1) is 14.5. The second kappa shape index (κ2) is 6.51. The van der Waals surface area contributed by atoms with Crippen LogP contribution in [-0.4, -0.2) is 7.11 Å². The fourth-order valence-electron chi connectivity index (χ4n) is 1.81. The zero-order valence-electron chi connectivity index (χ0n) is 10.8. The van der Waals surface area contributed by atoms with E-state index in [2.05, 4.69) is 5.32 Å². The van der Waals surface area contributed by atoms with Crippen LogP contribution in [0.2, 0.25) is 10.0 Å². The molecule has 0 saturated heterocycles. The van der Waals surface area contributed by atoms with Crippen LogP contribution in [0, 0.1) is 11.3 Å². The van der Waals surface area contributed by atoms with Crippen LogP contribution in [0.3, 0.4) is 0 Å². The minimum absolute atomic E-state index is 0.481.